The van der Waals surface area contributed by atoms with Crippen LogP contribution in [0, 0.1) is 0 Å². The number of anilines is 1. The predicted molar refractivity (Wildman–Crippen MR) is 91.7 cm³/mol. The molecule has 0 aliphatic carbocycles. The summed E-state index contributed by atoms with van der Waals surface area (Å²) in [6, 6.07) is 8.08. The number of aromatic nitrogens is 1. The quantitative estimate of drug-likeness (QED) is 0.883. The lowest BCUT2D eigenvalue weighted by Crippen LogP contribution is -2.56. The van der Waals surface area contributed by atoms with Crippen molar-refractivity contribution in [3.63, 3.8) is 0 Å². The number of nitrogens with zero attached hydrogens (tertiary/aromatic N) is 2. The van der Waals surface area contributed by atoms with Crippen LogP contribution in [0.5, 0.6) is 5.75 Å². The van der Waals surface area contributed by atoms with Crippen LogP contribution in [0.3, 0.4) is 0 Å². The second-order valence-corrected chi connectivity index (χ2v) is 6.57. The molecule has 0 spiro atoms. The molecule has 1 aromatic carbocycles. The minimum absolute atomic E-state index is 0.0987. The number of aryl methyl sites for hydroxylation is 2. The maximum Gasteiger partial charge on any atom is 0.223 e. The van der Waals surface area contributed by atoms with Gasteiger partial charge in [0.1, 0.15) is 11.9 Å². The third kappa shape index (κ3) is 3.82. The zero-order chi connectivity index (χ0) is 16.2. The lowest BCUT2D eigenvalue weighted by molar-refractivity contribution is -0.139. The van der Waals surface area contributed by atoms with Crippen LogP contribution in [0.15, 0.2) is 29.6 Å². The molecule has 2 aromatic rings. The highest BCUT2D eigenvalue weighted by atomic mass is 32.1. The van der Waals surface area contributed by atoms with Crippen LogP contribution in [0.25, 0.3) is 0 Å². The summed E-state index contributed by atoms with van der Waals surface area (Å²) in [6.45, 7) is 3.44. The van der Waals surface area contributed by atoms with Crippen molar-refractivity contribution in [3.05, 3.63) is 40.9 Å². The number of carbonyl (C=O) groups is 1. The number of hydrogen-bond acceptors (Lipinski definition) is 5. The average Bonchev–Trinajstić information content (AvgIpc) is 2.94. The van der Waals surface area contributed by atoms with Crippen molar-refractivity contribution in [1.82, 2.24) is 9.88 Å². The monoisotopic (exact) mass is 331 g/mol. The van der Waals surface area contributed by atoms with Gasteiger partial charge in [-0.2, -0.15) is 0 Å². The van der Waals surface area contributed by atoms with E-state index in [4.69, 9.17) is 10.5 Å². The van der Waals surface area contributed by atoms with Gasteiger partial charge in [-0.05, 0) is 24.5 Å². The minimum atomic E-state index is 0.0987. The SMILES string of the molecule is CCc1ccccc1OC1CN(C(=O)CCc2csc(N)n2)C1. The molecule has 3 rings (SSSR count). The number of para-hydroxylation sites is 1. The van der Waals surface area contributed by atoms with Crippen molar-refractivity contribution in [2.24, 2.45) is 0 Å². The number of likely N-dealkylation sites (tertiary alicyclic amines) is 1. The minimum Gasteiger partial charge on any atom is -0.486 e. The molecule has 0 saturated carbocycles. The Bertz CT molecular complexity index is 680. The summed E-state index contributed by atoms with van der Waals surface area (Å²) in [7, 11) is 0. The lowest BCUT2D eigenvalue weighted by Gasteiger charge is -2.39. The fraction of sp³-hybridized carbons (Fsp3) is 0.412. The molecule has 2 heterocycles. The molecule has 1 fully saturated rings. The third-order valence-corrected chi connectivity index (χ3v) is 4.74. The molecule has 2 N–H and O–H groups in total. The van der Waals surface area contributed by atoms with Gasteiger partial charge in [0.05, 0.1) is 18.8 Å². The normalized spacial score (nSPS) is 14.6. The van der Waals surface area contributed by atoms with E-state index in [1.54, 1.807) is 0 Å². The number of amides is 1. The van der Waals surface area contributed by atoms with Gasteiger partial charge in [0, 0.05) is 11.8 Å². The van der Waals surface area contributed by atoms with E-state index in [-0.39, 0.29) is 12.0 Å². The Morgan fingerprint density at radius 3 is 2.91 bits per heavy atom. The van der Waals surface area contributed by atoms with Crippen molar-refractivity contribution in [3.8, 4) is 5.75 Å². The van der Waals surface area contributed by atoms with Gasteiger partial charge in [0.15, 0.2) is 5.13 Å². The lowest BCUT2D eigenvalue weighted by atomic mass is 10.1. The number of rotatable bonds is 6. The van der Waals surface area contributed by atoms with Crippen molar-refractivity contribution < 1.29 is 9.53 Å². The number of benzene rings is 1. The first kappa shape index (κ1) is 15.8. The van der Waals surface area contributed by atoms with Crippen molar-refractivity contribution in [2.75, 3.05) is 18.8 Å². The molecule has 1 amide bonds. The molecule has 6 heteroatoms. The van der Waals surface area contributed by atoms with Crippen LogP contribution in [0.4, 0.5) is 5.13 Å². The fourth-order valence-corrected chi connectivity index (χ4v) is 3.23. The Morgan fingerprint density at radius 1 is 1.43 bits per heavy atom. The maximum atomic E-state index is 12.1. The third-order valence-electron chi connectivity index (χ3n) is 4.01. The molecule has 23 heavy (non-hydrogen) atoms. The summed E-state index contributed by atoms with van der Waals surface area (Å²) in [5.41, 5.74) is 7.69. The topological polar surface area (TPSA) is 68.5 Å². The molecule has 0 radical (unpaired) electrons. The summed E-state index contributed by atoms with van der Waals surface area (Å²) in [5, 5.41) is 2.46. The smallest absolute Gasteiger partial charge is 0.223 e. The van der Waals surface area contributed by atoms with Gasteiger partial charge >= 0.3 is 0 Å². The second-order valence-electron chi connectivity index (χ2n) is 5.68. The first-order valence-electron chi connectivity index (χ1n) is 7.88. The summed E-state index contributed by atoms with van der Waals surface area (Å²) in [4.78, 5) is 18.2. The van der Waals surface area contributed by atoms with Crippen LogP contribution in [-0.4, -0.2) is 35.0 Å². The van der Waals surface area contributed by atoms with Crippen molar-refractivity contribution in [1.29, 1.82) is 0 Å². The molecule has 1 aromatic heterocycles. The van der Waals surface area contributed by atoms with E-state index in [9.17, 15) is 4.79 Å². The average molecular weight is 331 g/mol. The van der Waals surface area contributed by atoms with Crippen LogP contribution in [0.2, 0.25) is 0 Å². The molecule has 0 bridgehead atoms. The van der Waals surface area contributed by atoms with Crippen LogP contribution >= 0.6 is 11.3 Å². The zero-order valence-electron chi connectivity index (χ0n) is 13.2. The van der Waals surface area contributed by atoms with Gasteiger partial charge in [-0.15, -0.1) is 11.3 Å². The molecule has 0 atom stereocenters. The number of nitrogen functional groups attached to an aromatic ring is 1. The number of ether oxygens (including phenoxy) is 1. The van der Waals surface area contributed by atoms with E-state index in [0.29, 0.717) is 31.1 Å². The van der Waals surface area contributed by atoms with E-state index in [0.717, 1.165) is 17.9 Å². The van der Waals surface area contributed by atoms with Gasteiger partial charge < -0.3 is 15.4 Å². The molecular formula is C17H21N3O2S. The molecule has 5 nitrogen and oxygen atoms in total. The second kappa shape index (κ2) is 7.00. The first-order chi connectivity index (χ1) is 11.2. The highest BCUT2D eigenvalue weighted by Crippen LogP contribution is 2.23. The van der Waals surface area contributed by atoms with E-state index in [1.807, 2.05) is 28.5 Å². The fourth-order valence-electron chi connectivity index (χ4n) is 2.64. The molecule has 1 aliphatic rings. The van der Waals surface area contributed by atoms with Crippen molar-refractivity contribution in [2.45, 2.75) is 32.3 Å². The molecule has 0 unspecified atom stereocenters. The van der Waals surface area contributed by atoms with Crippen molar-refractivity contribution >= 4 is 22.4 Å². The Hall–Kier alpha value is -2.08. The zero-order valence-corrected chi connectivity index (χ0v) is 14.0. The predicted octanol–water partition coefficient (Wildman–Crippen LogP) is 2.51. The van der Waals surface area contributed by atoms with Gasteiger partial charge in [-0.25, -0.2) is 4.98 Å². The number of carbonyl (C=O) groups excluding carboxylic acids is 1. The highest BCUT2D eigenvalue weighted by molar-refractivity contribution is 7.13. The molecular weight excluding hydrogens is 310 g/mol. The maximum absolute atomic E-state index is 12.1. The highest BCUT2D eigenvalue weighted by Gasteiger charge is 2.32. The number of hydrogen-bond donors (Lipinski definition) is 1. The van der Waals surface area contributed by atoms with Gasteiger partial charge in [-0.3, -0.25) is 4.79 Å². The number of nitrogens with two attached hydrogens (primary N) is 1. The first-order valence-corrected chi connectivity index (χ1v) is 8.76. The Labute approximate surface area is 140 Å². The van der Waals surface area contributed by atoms with Gasteiger partial charge in [0.2, 0.25) is 5.91 Å². The van der Waals surface area contributed by atoms with E-state index in [2.05, 4.69) is 18.0 Å². The van der Waals surface area contributed by atoms with E-state index >= 15 is 0 Å². The Morgan fingerprint density at radius 2 is 2.22 bits per heavy atom. The standard InChI is InChI=1S/C17H21N3O2S/c1-2-12-5-3-4-6-15(12)22-14-9-20(10-14)16(21)8-7-13-11-23-17(18)19-13/h3-6,11,14H,2,7-10H2,1H3,(H2,18,19). The van der Waals surface area contributed by atoms with Gasteiger partial charge in [-0.1, -0.05) is 25.1 Å². The van der Waals surface area contributed by atoms with Gasteiger partial charge in [0.25, 0.3) is 0 Å². The summed E-state index contributed by atoms with van der Waals surface area (Å²) < 4.78 is 6.00. The van der Waals surface area contributed by atoms with Crippen LogP contribution in [0.1, 0.15) is 24.6 Å². The molecule has 122 valence electrons. The summed E-state index contributed by atoms with van der Waals surface area (Å²) >= 11 is 1.41. The molecule has 1 saturated heterocycles. The summed E-state index contributed by atoms with van der Waals surface area (Å²) in [5.74, 6) is 1.09. The number of thiazole rings is 1. The van der Waals surface area contributed by atoms with E-state index < -0.39 is 0 Å². The van der Waals surface area contributed by atoms with Crippen LogP contribution < -0.4 is 10.5 Å². The Kier molecular flexibility index (Phi) is 4.81. The van der Waals surface area contributed by atoms with E-state index in [1.165, 1.54) is 16.9 Å². The largest absolute Gasteiger partial charge is 0.486 e. The van der Waals surface area contributed by atoms with Crippen LogP contribution in [-0.2, 0) is 17.6 Å². The Balaban J connectivity index is 1.44. The summed E-state index contributed by atoms with van der Waals surface area (Å²) in [6.07, 6.45) is 2.17. The molecule has 1 aliphatic heterocycles.